The Bertz CT molecular complexity index is 1240. The maximum absolute atomic E-state index is 13.7. The van der Waals surface area contributed by atoms with Crippen molar-refractivity contribution in [1.29, 1.82) is 0 Å². The molecule has 0 spiro atoms. The summed E-state index contributed by atoms with van der Waals surface area (Å²) in [6, 6.07) is 13.8. The molecule has 2 fully saturated rings. The van der Waals surface area contributed by atoms with Crippen molar-refractivity contribution in [3.8, 4) is 5.75 Å². The molecule has 42 heavy (non-hydrogen) atoms. The maximum Gasteiger partial charge on any atom is 0.243 e. The Morgan fingerprint density at radius 2 is 1.45 bits per heavy atom. The predicted molar refractivity (Wildman–Crippen MR) is 156 cm³/mol. The molecule has 4 rings (SSSR count). The Hall–Kier alpha value is -3.76. The summed E-state index contributed by atoms with van der Waals surface area (Å²) < 4.78 is 10.6. The van der Waals surface area contributed by atoms with Crippen molar-refractivity contribution in [2.45, 2.75) is 82.2 Å². The van der Waals surface area contributed by atoms with Gasteiger partial charge in [0.25, 0.3) is 0 Å². The number of aliphatic hydroxyl groups excluding tert-OH is 1. The number of nitrogens with one attached hydrogen (secondary N) is 3. The summed E-state index contributed by atoms with van der Waals surface area (Å²) >= 11 is 0. The van der Waals surface area contributed by atoms with Gasteiger partial charge in [0.15, 0.2) is 5.78 Å². The molecule has 3 amide bonds. The van der Waals surface area contributed by atoms with Crippen LogP contribution in [0, 0.1) is 5.92 Å². The van der Waals surface area contributed by atoms with Gasteiger partial charge in [-0.05, 0) is 69.2 Å². The fourth-order valence-corrected chi connectivity index (χ4v) is 5.19. The smallest absolute Gasteiger partial charge is 0.243 e. The number of carbonyl (C=O) groups excluding carboxylic acids is 4. The van der Waals surface area contributed by atoms with Gasteiger partial charge < -0.3 is 30.5 Å². The standard InChI is InChI=1S/C32H41N3O7/c1-20(33-30(39)23-11-13-24(36)14-12-23)29(38)35-27(18-22-9-15-25(41-3)16-10-22)31(40)34-26(28(37)32(2)19-42-32)17-21-7-5-4-6-8-21/h4-10,15-16,20,23-24,26-27,36H,11-14,17-19H2,1-3H3,(H,33,39)(H,34,40)(H,35,38)/t20-,23-,24+,26+,27+,32-/m1/s1. The Kier molecular flexibility index (Phi) is 10.3. The number of methoxy groups -OCH3 is 1. The van der Waals surface area contributed by atoms with E-state index < -0.39 is 41.6 Å². The number of aliphatic hydroxyl groups is 1. The molecule has 2 aromatic carbocycles. The molecule has 226 valence electrons. The van der Waals surface area contributed by atoms with E-state index in [9.17, 15) is 24.3 Å². The van der Waals surface area contributed by atoms with Crippen molar-refractivity contribution < 1.29 is 33.8 Å². The third-order valence-corrected chi connectivity index (χ3v) is 8.07. The fourth-order valence-electron chi connectivity index (χ4n) is 5.19. The summed E-state index contributed by atoms with van der Waals surface area (Å²) in [5.74, 6) is -1.12. The van der Waals surface area contributed by atoms with Crippen molar-refractivity contribution in [3.05, 3.63) is 65.7 Å². The van der Waals surface area contributed by atoms with Gasteiger partial charge in [-0.25, -0.2) is 0 Å². The highest BCUT2D eigenvalue weighted by Gasteiger charge is 2.50. The molecule has 4 N–H and O–H groups in total. The van der Waals surface area contributed by atoms with E-state index in [-0.39, 0.29) is 37.1 Å². The number of benzene rings is 2. The van der Waals surface area contributed by atoms with E-state index >= 15 is 0 Å². The van der Waals surface area contributed by atoms with Crippen molar-refractivity contribution in [2.24, 2.45) is 5.92 Å². The average Bonchev–Trinajstić information content (AvgIpc) is 3.75. The number of amides is 3. The van der Waals surface area contributed by atoms with Crippen LogP contribution in [-0.2, 0) is 36.8 Å². The van der Waals surface area contributed by atoms with E-state index in [1.165, 1.54) is 0 Å². The van der Waals surface area contributed by atoms with Gasteiger partial charge in [0.05, 0.1) is 25.9 Å². The minimum atomic E-state index is -1.02. The van der Waals surface area contributed by atoms with E-state index in [4.69, 9.17) is 9.47 Å². The number of rotatable bonds is 13. The van der Waals surface area contributed by atoms with Crippen molar-refractivity contribution in [2.75, 3.05) is 13.7 Å². The molecule has 2 aliphatic rings. The zero-order valence-electron chi connectivity index (χ0n) is 24.4. The van der Waals surface area contributed by atoms with Gasteiger partial charge >= 0.3 is 0 Å². The molecule has 0 unspecified atom stereocenters. The number of Topliss-reactive ketones (excluding diaryl/α,β-unsaturated/α-hetero) is 1. The molecular weight excluding hydrogens is 538 g/mol. The van der Waals surface area contributed by atoms with Crippen LogP contribution in [0.2, 0.25) is 0 Å². The second-order valence-corrected chi connectivity index (χ2v) is 11.5. The number of hydrogen-bond donors (Lipinski definition) is 4. The lowest BCUT2D eigenvalue weighted by Gasteiger charge is -2.27. The lowest BCUT2D eigenvalue weighted by Crippen LogP contribution is -2.57. The second-order valence-electron chi connectivity index (χ2n) is 11.5. The molecule has 1 saturated carbocycles. The number of ketones is 1. The third-order valence-electron chi connectivity index (χ3n) is 8.07. The minimum Gasteiger partial charge on any atom is -0.497 e. The summed E-state index contributed by atoms with van der Waals surface area (Å²) in [6.07, 6.45) is 2.26. The Morgan fingerprint density at radius 1 is 0.881 bits per heavy atom. The van der Waals surface area contributed by atoms with Crippen LogP contribution in [0.1, 0.15) is 50.7 Å². The summed E-state index contributed by atoms with van der Waals surface area (Å²) in [5.41, 5.74) is 0.704. The van der Waals surface area contributed by atoms with E-state index in [0.29, 0.717) is 31.4 Å². The van der Waals surface area contributed by atoms with Gasteiger partial charge in [0.1, 0.15) is 23.4 Å². The number of epoxide rings is 1. The first-order chi connectivity index (χ1) is 20.1. The molecule has 1 aliphatic carbocycles. The van der Waals surface area contributed by atoms with Crippen LogP contribution in [0.5, 0.6) is 5.75 Å². The summed E-state index contributed by atoms with van der Waals surface area (Å²) in [6.45, 7) is 3.56. The first-order valence-electron chi connectivity index (χ1n) is 14.5. The fraction of sp³-hybridized carbons (Fsp3) is 0.500. The van der Waals surface area contributed by atoms with Crippen molar-refractivity contribution >= 4 is 23.5 Å². The molecular formula is C32H41N3O7. The lowest BCUT2D eigenvalue weighted by molar-refractivity contribution is -0.134. The second kappa shape index (κ2) is 13.9. The largest absolute Gasteiger partial charge is 0.497 e. The highest BCUT2D eigenvalue weighted by atomic mass is 16.6. The molecule has 0 aromatic heterocycles. The van der Waals surface area contributed by atoms with Crippen molar-refractivity contribution in [1.82, 2.24) is 16.0 Å². The molecule has 0 radical (unpaired) electrons. The average molecular weight is 580 g/mol. The van der Waals surface area contributed by atoms with Gasteiger partial charge in [0, 0.05) is 12.3 Å². The molecule has 4 atom stereocenters. The monoisotopic (exact) mass is 579 g/mol. The van der Waals surface area contributed by atoms with Crippen LogP contribution >= 0.6 is 0 Å². The van der Waals surface area contributed by atoms with Gasteiger partial charge in [-0.2, -0.15) is 0 Å². The molecule has 1 aliphatic heterocycles. The number of ether oxygens (including phenoxy) is 2. The number of hydrogen-bond acceptors (Lipinski definition) is 7. The van der Waals surface area contributed by atoms with Crippen LogP contribution in [0.25, 0.3) is 0 Å². The Morgan fingerprint density at radius 3 is 2.05 bits per heavy atom. The zero-order valence-corrected chi connectivity index (χ0v) is 24.4. The van der Waals surface area contributed by atoms with Gasteiger partial charge in [0.2, 0.25) is 17.7 Å². The van der Waals surface area contributed by atoms with Crippen LogP contribution in [0.4, 0.5) is 0 Å². The van der Waals surface area contributed by atoms with E-state index in [2.05, 4.69) is 16.0 Å². The third kappa shape index (κ3) is 8.39. The van der Waals surface area contributed by atoms with Crippen LogP contribution in [0.15, 0.2) is 54.6 Å². The Balaban J connectivity index is 1.48. The Labute approximate surface area is 246 Å². The number of carbonyl (C=O) groups is 4. The van der Waals surface area contributed by atoms with E-state index in [1.54, 1.807) is 45.2 Å². The summed E-state index contributed by atoms with van der Waals surface area (Å²) in [5, 5.41) is 18.2. The SMILES string of the molecule is COc1ccc(C[C@H](NC(=O)[C@@H](C)NC(=O)[C@H]2CC[C@@H](O)CC2)C(=O)N[C@@H](Cc2ccccc2)C(=O)[C@@]2(C)CO2)cc1. The van der Waals surface area contributed by atoms with Crippen LogP contribution in [-0.4, -0.2) is 72.2 Å². The first-order valence-corrected chi connectivity index (χ1v) is 14.5. The predicted octanol–water partition coefficient (Wildman–Crippen LogP) is 1.86. The molecule has 10 heteroatoms. The molecule has 1 heterocycles. The highest BCUT2D eigenvalue weighted by molar-refractivity contribution is 5.98. The quantitative estimate of drug-likeness (QED) is 0.265. The van der Waals surface area contributed by atoms with Crippen molar-refractivity contribution in [3.63, 3.8) is 0 Å². The van der Waals surface area contributed by atoms with Gasteiger partial charge in [-0.3, -0.25) is 19.2 Å². The zero-order chi connectivity index (χ0) is 30.3. The van der Waals surface area contributed by atoms with Gasteiger partial charge in [-0.15, -0.1) is 0 Å². The van der Waals surface area contributed by atoms with E-state index in [1.807, 2.05) is 30.3 Å². The molecule has 10 nitrogen and oxygen atoms in total. The lowest BCUT2D eigenvalue weighted by atomic mass is 9.87. The summed E-state index contributed by atoms with van der Waals surface area (Å²) in [4.78, 5) is 53.1. The van der Waals surface area contributed by atoms with Crippen LogP contribution < -0.4 is 20.7 Å². The van der Waals surface area contributed by atoms with E-state index in [0.717, 1.165) is 11.1 Å². The topological polar surface area (TPSA) is 146 Å². The molecule has 2 aromatic rings. The molecule has 1 saturated heterocycles. The molecule has 0 bridgehead atoms. The highest BCUT2D eigenvalue weighted by Crippen LogP contribution is 2.29. The normalized spacial score (nSPS) is 23.5. The minimum absolute atomic E-state index is 0.156. The maximum atomic E-state index is 13.7. The first kappa shape index (κ1) is 31.2. The van der Waals surface area contributed by atoms with Crippen LogP contribution in [0.3, 0.4) is 0 Å². The van der Waals surface area contributed by atoms with Gasteiger partial charge in [-0.1, -0.05) is 42.5 Å². The summed E-state index contributed by atoms with van der Waals surface area (Å²) in [7, 11) is 1.56.